The summed E-state index contributed by atoms with van der Waals surface area (Å²) in [5.74, 6) is -0.352. The molecule has 2 aromatic rings. The SMILES string of the molecule is CC(C)(C)CC(C)(C)N1C(=O)c2c(c(=O)oc3ccc(Br)cc23)C1(C)O. The van der Waals surface area contributed by atoms with Crippen molar-refractivity contribution in [2.45, 2.75) is 59.2 Å². The summed E-state index contributed by atoms with van der Waals surface area (Å²) >= 11 is 3.39. The molecule has 0 spiro atoms. The van der Waals surface area contributed by atoms with Gasteiger partial charge >= 0.3 is 5.63 Å². The average Bonchev–Trinajstić information content (AvgIpc) is 2.64. The lowest BCUT2D eigenvalue weighted by atomic mass is 9.80. The first-order valence-electron chi connectivity index (χ1n) is 8.60. The monoisotopic (exact) mass is 421 g/mol. The minimum absolute atomic E-state index is 0.00934. The van der Waals surface area contributed by atoms with E-state index in [1.165, 1.54) is 11.8 Å². The third-order valence-electron chi connectivity index (χ3n) is 4.76. The second-order valence-electron chi connectivity index (χ2n) is 8.99. The van der Waals surface area contributed by atoms with Crippen LogP contribution >= 0.6 is 15.9 Å². The maximum atomic E-state index is 13.4. The Morgan fingerprint density at radius 3 is 2.38 bits per heavy atom. The highest BCUT2D eigenvalue weighted by Crippen LogP contribution is 2.45. The van der Waals surface area contributed by atoms with Crippen LogP contribution in [0.1, 0.15) is 63.9 Å². The maximum absolute atomic E-state index is 13.4. The number of nitrogens with zero attached hydrogens (tertiary/aromatic N) is 1. The summed E-state index contributed by atoms with van der Waals surface area (Å²) in [6, 6.07) is 5.13. The van der Waals surface area contributed by atoms with Gasteiger partial charge in [0.15, 0.2) is 5.72 Å². The van der Waals surface area contributed by atoms with Gasteiger partial charge in [-0.2, -0.15) is 0 Å². The van der Waals surface area contributed by atoms with Crippen LogP contribution in [-0.2, 0) is 5.72 Å². The van der Waals surface area contributed by atoms with Crippen molar-refractivity contribution in [2.24, 2.45) is 5.41 Å². The molecule has 0 saturated heterocycles. The molecule has 5 nitrogen and oxygen atoms in total. The van der Waals surface area contributed by atoms with Gasteiger partial charge in [0.25, 0.3) is 5.91 Å². The number of hydrogen-bond donors (Lipinski definition) is 1. The van der Waals surface area contributed by atoms with Crippen LogP contribution in [0, 0.1) is 5.41 Å². The molecule has 0 fully saturated rings. The third-order valence-corrected chi connectivity index (χ3v) is 5.26. The quantitative estimate of drug-likeness (QED) is 0.729. The van der Waals surface area contributed by atoms with Crippen molar-refractivity contribution >= 4 is 32.8 Å². The molecule has 2 heterocycles. The summed E-state index contributed by atoms with van der Waals surface area (Å²) in [6.45, 7) is 11.6. The van der Waals surface area contributed by atoms with Gasteiger partial charge in [-0.3, -0.25) is 4.79 Å². The van der Waals surface area contributed by atoms with Crippen LogP contribution < -0.4 is 5.63 Å². The minimum Gasteiger partial charge on any atom is -0.422 e. The standard InChI is InChI=1S/C20H24BrNO4/c1-18(2,3)10-19(4,5)22-16(23)14-12-9-11(21)7-8-13(12)26-17(24)15(14)20(22,6)25/h7-9,25H,10H2,1-6H3. The Balaban J connectivity index is 2.29. The van der Waals surface area contributed by atoms with Gasteiger partial charge in [0, 0.05) is 15.4 Å². The summed E-state index contributed by atoms with van der Waals surface area (Å²) in [6.07, 6.45) is 0.656. The topological polar surface area (TPSA) is 70.8 Å². The van der Waals surface area contributed by atoms with E-state index >= 15 is 0 Å². The fraction of sp³-hybridized carbons (Fsp3) is 0.500. The smallest absolute Gasteiger partial charge is 0.345 e. The molecule has 3 rings (SSSR count). The molecule has 0 saturated carbocycles. The van der Waals surface area contributed by atoms with E-state index in [1.54, 1.807) is 18.2 Å². The third kappa shape index (κ3) is 2.89. The van der Waals surface area contributed by atoms with Crippen LogP contribution in [0.4, 0.5) is 0 Å². The number of fused-ring (bicyclic) bond motifs is 3. The van der Waals surface area contributed by atoms with Gasteiger partial charge in [-0.05, 0) is 50.8 Å². The molecule has 26 heavy (non-hydrogen) atoms. The first kappa shape index (κ1) is 19.1. The number of carbonyl (C=O) groups is 1. The first-order chi connectivity index (χ1) is 11.8. The number of aliphatic hydroxyl groups is 1. The average molecular weight is 422 g/mol. The highest BCUT2D eigenvalue weighted by molar-refractivity contribution is 9.10. The van der Waals surface area contributed by atoms with E-state index in [1.807, 2.05) is 13.8 Å². The van der Waals surface area contributed by atoms with Crippen molar-refractivity contribution in [1.82, 2.24) is 4.90 Å². The van der Waals surface area contributed by atoms with Crippen LogP contribution in [0.25, 0.3) is 11.0 Å². The van der Waals surface area contributed by atoms with Gasteiger partial charge in [-0.1, -0.05) is 36.7 Å². The molecule has 1 N–H and O–H groups in total. The summed E-state index contributed by atoms with van der Waals surface area (Å²) in [5.41, 5.74) is -2.58. The zero-order valence-electron chi connectivity index (χ0n) is 15.9. The summed E-state index contributed by atoms with van der Waals surface area (Å²) < 4.78 is 6.15. The highest BCUT2D eigenvalue weighted by Gasteiger charge is 2.54. The molecule has 1 aliphatic rings. The van der Waals surface area contributed by atoms with E-state index in [4.69, 9.17) is 4.42 Å². The molecule has 1 aliphatic heterocycles. The number of halogens is 1. The van der Waals surface area contributed by atoms with Crippen molar-refractivity contribution in [2.75, 3.05) is 0 Å². The summed E-state index contributed by atoms with van der Waals surface area (Å²) in [7, 11) is 0. The van der Waals surface area contributed by atoms with Crippen molar-refractivity contribution in [3.8, 4) is 0 Å². The van der Waals surface area contributed by atoms with Gasteiger partial charge in [0.05, 0.1) is 5.56 Å². The van der Waals surface area contributed by atoms with Gasteiger partial charge in [-0.25, -0.2) is 4.79 Å². The molecule has 1 aromatic carbocycles. The Morgan fingerprint density at radius 2 is 1.81 bits per heavy atom. The Bertz CT molecular complexity index is 966. The van der Waals surface area contributed by atoms with Crippen LogP contribution in [0.5, 0.6) is 0 Å². The fourth-order valence-electron chi connectivity index (χ4n) is 4.49. The molecule has 0 radical (unpaired) electrons. The van der Waals surface area contributed by atoms with Gasteiger partial charge in [0.2, 0.25) is 0 Å². The van der Waals surface area contributed by atoms with Gasteiger partial charge < -0.3 is 14.4 Å². The molecular weight excluding hydrogens is 398 g/mol. The Kier molecular flexibility index (Phi) is 4.17. The molecule has 1 unspecified atom stereocenters. The number of amides is 1. The van der Waals surface area contributed by atoms with Gasteiger partial charge in [0.1, 0.15) is 11.1 Å². The molecule has 1 amide bonds. The Morgan fingerprint density at radius 1 is 1.19 bits per heavy atom. The molecule has 1 aromatic heterocycles. The molecular formula is C20H24BrNO4. The van der Waals surface area contributed by atoms with E-state index in [9.17, 15) is 14.7 Å². The molecule has 140 valence electrons. The number of carbonyl (C=O) groups excluding carboxylic acids is 1. The molecule has 1 atom stereocenters. The Hall–Kier alpha value is -1.66. The highest BCUT2D eigenvalue weighted by atomic mass is 79.9. The predicted octanol–water partition coefficient (Wildman–Crippen LogP) is 4.39. The van der Waals surface area contributed by atoms with Crippen LogP contribution in [-0.4, -0.2) is 21.5 Å². The van der Waals surface area contributed by atoms with E-state index in [-0.39, 0.29) is 22.4 Å². The van der Waals surface area contributed by atoms with Crippen molar-refractivity contribution < 1.29 is 14.3 Å². The second kappa shape index (κ2) is 5.67. The number of benzene rings is 1. The fourth-order valence-corrected chi connectivity index (χ4v) is 4.85. The van der Waals surface area contributed by atoms with Crippen LogP contribution in [0.15, 0.2) is 31.9 Å². The van der Waals surface area contributed by atoms with E-state index in [2.05, 4.69) is 36.7 Å². The lowest BCUT2D eigenvalue weighted by Crippen LogP contribution is -2.55. The molecule has 0 aliphatic carbocycles. The zero-order valence-corrected chi connectivity index (χ0v) is 17.5. The largest absolute Gasteiger partial charge is 0.422 e. The number of rotatable bonds is 2. The lowest BCUT2D eigenvalue weighted by molar-refractivity contribution is -0.117. The zero-order chi connectivity index (χ0) is 19.7. The molecule has 6 heteroatoms. The summed E-state index contributed by atoms with van der Waals surface area (Å²) in [4.78, 5) is 27.4. The van der Waals surface area contributed by atoms with Crippen LogP contribution in [0.3, 0.4) is 0 Å². The summed E-state index contributed by atoms with van der Waals surface area (Å²) in [5, 5.41) is 11.8. The van der Waals surface area contributed by atoms with E-state index in [0.29, 0.717) is 17.4 Å². The maximum Gasteiger partial charge on any atom is 0.345 e. The van der Waals surface area contributed by atoms with Gasteiger partial charge in [-0.15, -0.1) is 0 Å². The van der Waals surface area contributed by atoms with Crippen molar-refractivity contribution in [3.05, 3.63) is 44.2 Å². The van der Waals surface area contributed by atoms with Crippen LogP contribution in [0.2, 0.25) is 0 Å². The van der Waals surface area contributed by atoms with E-state index in [0.717, 1.165) is 4.47 Å². The Labute approximate surface area is 161 Å². The second-order valence-corrected chi connectivity index (χ2v) is 9.91. The minimum atomic E-state index is -1.74. The van der Waals surface area contributed by atoms with E-state index < -0.39 is 16.9 Å². The van der Waals surface area contributed by atoms with Crippen molar-refractivity contribution in [3.63, 3.8) is 0 Å². The normalized spacial score (nSPS) is 20.8. The number of hydrogen-bond acceptors (Lipinski definition) is 4. The predicted molar refractivity (Wildman–Crippen MR) is 104 cm³/mol. The van der Waals surface area contributed by atoms with Crippen molar-refractivity contribution in [1.29, 1.82) is 0 Å². The lowest BCUT2D eigenvalue weighted by Gasteiger charge is -2.45. The molecule has 0 bridgehead atoms. The first-order valence-corrected chi connectivity index (χ1v) is 9.39.